The lowest BCUT2D eigenvalue weighted by Crippen LogP contribution is -2.01. The van der Waals surface area contributed by atoms with Crippen molar-refractivity contribution in [3.63, 3.8) is 0 Å². The molecule has 0 saturated carbocycles. The average Bonchev–Trinajstić information content (AvgIpc) is 2.73. The predicted octanol–water partition coefficient (Wildman–Crippen LogP) is 3.04. The predicted molar refractivity (Wildman–Crippen MR) is 75.8 cm³/mol. The SMILES string of the molecule is CC(=O)Cc1nsc(NCc2cccc(Br)c2)n1. The number of Topliss-reactive ketones (excluding diaryl/α,β-unsaturated/α-hetero) is 1. The molecule has 94 valence electrons. The standard InChI is InChI=1S/C12H12BrN3OS/c1-8(17)5-11-15-12(18-16-11)14-7-9-3-2-4-10(13)6-9/h2-4,6H,5,7H2,1H3,(H,14,15,16). The summed E-state index contributed by atoms with van der Waals surface area (Å²) in [5, 5.41) is 3.94. The minimum Gasteiger partial charge on any atom is -0.356 e. The number of halogens is 1. The van der Waals surface area contributed by atoms with Crippen LogP contribution in [0.2, 0.25) is 0 Å². The smallest absolute Gasteiger partial charge is 0.202 e. The molecule has 0 saturated heterocycles. The first kappa shape index (κ1) is 13.2. The van der Waals surface area contributed by atoms with Crippen LogP contribution in [0, 0.1) is 0 Å². The molecular formula is C12H12BrN3OS. The molecule has 0 spiro atoms. The topological polar surface area (TPSA) is 54.9 Å². The number of anilines is 1. The van der Waals surface area contributed by atoms with Crippen LogP contribution in [0.5, 0.6) is 0 Å². The summed E-state index contributed by atoms with van der Waals surface area (Å²) in [6, 6.07) is 8.06. The number of hydrogen-bond acceptors (Lipinski definition) is 5. The van der Waals surface area contributed by atoms with Gasteiger partial charge < -0.3 is 5.32 Å². The number of benzene rings is 1. The first-order valence-corrected chi connectivity index (χ1v) is 7.00. The molecule has 0 radical (unpaired) electrons. The van der Waals surface area contributed by atoms with Gasteiger partial charge in [-0.2, -0.15) is 4.37 Å². The zero-order chi connectivity index (χ0) is 13.0. The molecule has 0 unspecified atom stereocenters. The third-order valence-electron chi connectivity index (χ3n) is 2.21. The Balaban J connectivity index is 1.94. The van der Waals surface area contributed by atoms with Crippen molar-refractivity contribution in [2.75, 3.05) is 5.32 Å². The van der Waals surface area contributed by atoms with E-state index in [9.17, 15) is 4.79 Å². The van der Waals surface area contributed by atoms with Crippen molar-refractivity contribution < 1.29 is 4.79 Å². The Labute approximate surface area is 118 Å². The van der Waals surface area contributed by atoms with Crippen molar-refractivity contribution in [1.29, 1.82) is 0 Å². The van der Waals surface area contributed by atoms with E-state index < -0.39 is 0 Å². The maximum atomic E-state index is 10.9. The lowest BCUT2D eigenvalue weighted by Gasteiger charge is -2.02. The molecular weight excluding hydrogens is 314 g/mol. The fourth-order valence-electron chi connectivity index (χ4n) is 1.44. The Bertz CT molecular complexity index is 556. The highest BCUT2D eigenvalue weighted by atomic mass is 79.9. The monoisotopic (exact) mass is 325 g/mol. The van der Waals surface area contributed by atoms with E-state index in [1.807, 2.05) is 24.3 Å². The van der Waals surface area contributed by atoms with Crippen molar-refractivity contribution in [2.45, 2.75) is 19.9 Å². The summed E-state index contributed by atoms with van der Waals surface area (Å²) in [5.74, 6) is 0.663. The van der Waals surface area contributed by atoms with E-state index in [4.69, 9.17) is 0 Å². The minimum atomic E-state index is 0.0753. The van der Waals surface area contributed by atoms with Gasteiger partial charge in [-0.05, 0) is 24.6 Å². The number of rotatable bonds is 5. The van der Waals surface area contributed by atoms with Gasteiger partial charge in [-0.25, -0.2) is 4.98 Å². The number of nitrogens with zero attached hydrogens (tertiary/aromatic N) is 2. The fraction of sp³-hybridized carbons (Fsp3) is 0.250. The Morgan fingerprint density at radius 3 is 3.06 bits per heavy atom. The van der Waals surface area contributed by atoms with Gasteiger partial charge in [0.25, 0.3) is 0 Å². The lowest BCUT2D eigenvalue weighted by atomic mass is 10.2. The highest BCUT2D eigenvalue weighted by Crippen LogP contribution is 2.15. The molecule has 1 N–H and O–H groups in total. The van der Waals surface area contributed by atoms with Crippen molar-refractivity contribution in [2.24, 2.45) is 0 Å². The van der Waals surface area contributed by atoms with Crippen LogP contribution in [0.15, 0.2) is 28.7 Å². The van der Waals surface area contributed by atoms with Gasteiger partial charge in [-0.3, -0.25) is 4.79 Å². The van der Waals surface area contributed by atoms with Gasteiger partial charge in [0.2, 0.25) is 5.13 Å². The quantitative estimate of drug-likeness (QED) is 0.918. The second-order valence-electron chi connectivity index (χ2n) is 3.88. The molecule has 0 amide bonds. The Morgan fingerprint density at radius 1 is 1.50 bits per heavy atom. The second kappa shape index (κ2) is 6.06. The third kappa shape index (κ3) is 3.89. The Kier molecular flexibility index (Phi) is 4.43. The summed E-state index contributed by atoms with van der Waals surface area (Å²) in [6.45, 7) is 2.23. The van der Waals surface area contributed by atoms with Crippen LogP contribution in [0.25, 0.3) is 0 Å². The molecule has 0 aliphatic carbocycles. The van der Waals surface area contributed by atoms with Gasteiger partial charge >= 0.3 is 0 Å². The summed E-state index contributed by atoms with van der Waals surface area (Å²) in [6.07, 6.45) is 0.301. The van der Waals surface area contributed by atoms with Crippen LogP contribution in [0.1, 0.15) is 18.3 Å². The number of aromatic nitrogens is 2. The summed E-state index contributed by atoms with van der Waals surface area (Å²) in [7, 11) is 0. The van der Waals surface area contributed by atoms with Crippen molar-refractivity contribution in [3.05, 3.63) is 40.1 Å². The van der Waals surface area contributed by atoms with E-state index in [0.717, 1.165) is 15.2 Å². The second-order valence-corrected chi connectivity index (χ2v) is 5.55. The summed E-state index contributed by atoms with van der Waals surface area (Å²) in [4.78, 5) is 15.2. The number of ketones is 1. The zero-order valence-electron chi connectivity index (χ0n) is 9.81. The van der Waals surface area contributed by atoms with Crippen LogP contribution in [0.3, 0.4) is 0 Å². The molecule has 2 aromatic rings. The molecule has 4 nitrogen and oxygen atoms in total. The molecule has 2 rings (SSSR count). The van der Waals surface area contributed by atoms with E-state index >= 15 is 0 Å². The molecule has 1 aromatic heterocycles. The normalized spacial score (nSPS) is 10.3. The highest BCUT2D eigenvalue weighted by Gasteiger charge is 2.05. The van der Waals surface area contributed by atoms with Crippen LogP contribution < -0.4 is 5.32 Å². The van der Waals surface area contributed by atoms with Crippen molar-refractivity contribution in [3.8, 4) is 0 Å². The molecule has 0 bridgehead atoms. The average molecular weight is 326 g/mol. The van der Waals surface area contributed by atoms with Crippen LogP contribution in [0.4, 0.5) is 5.13 Å². The molecule has 0 fully saturated rings. The molecule has 0 aliphatic heterocycles. The van der Waals surface area contributed by atoms with Gasteiger partial charge in [0.15, 0.2) is 5.82 Å². The van der Waals surface area contributed by atoms with E-state index in [2.05, 4.69) is 30.6 Å². The third-order valence-corrected chi connectivity index (χ3v) is 3.41. The van der Waals surface area contributed by atoms with Crippen molar-refractivity contribution in [1.82, 2.24) is 9.36 Å². The van der Waals surface area contributed by atoms with Gasteiger partial charge in [0, 0.05) is 22.5 Å². The fourth-order valence-corrected chi connectivity index (χ4v) is 2.47. The van der Waals surface area contributed by atoms with Gasteiger partial charge in [-0.15, -0.1) is 0 Å². The number of nitrogens with one attached hydrogen (secondary N) is 1. The van der Waals surface area contributed by atoms with Crippen LogP contribution in [-0.2, 0) is 17.8 Å². The first-order chi connectivity index (χ1) is 8.63. The molecule has 1 heterocycles. The molecule has 0 atom stereocenters. The Hall–Kier alpha value is -1.27. The maximum absolute atomic E-state index is 10.9. The van der Waals surface area contributed by atoms with Crippen LogP contribution >= 0.6 is 27.5 Å². The largest absolute Gasteiger partial charge is 0.356 e. The summed E-state index contributed by atoms with van der Waals surface area (Å²) >= 11 is 4.71. The molecule has 18 heavy (non-hydrogen) atoms. The van der Waals surface area contributed by atoms with Crippen molar-refractivity contribution >= 4 is 38.4 Å². The molecule has 6 heteroatoms. The molecule has 0 aliphatic rings. The molecule has 1 aromatic carbocycles. The van der Waals surface area contributed by atoms with Crippen LogP contribution in [-0.4, -0.2) is 15.1 Å². The highest BCUT2D eigenvalue weighted by molar-refractivity contribution is 9.10. The minimum absolute atomic E-state index is 0.0753. The van der Waals surface area contributed by atoms with E-state index in [0.29, 0.717) is 18.8 Å². The first-order valence-electron chi connectivity index (χ1n) is 5.44. The Morgan fingerprint density at radius 2 is 2.33 bits per heavy atom. The van der Waals surface area contributed by atoms with Gasteiger partial charge in [-0.1, -0.05) is 28.1 Å². The summed E-state index contributed by atoms with van der Waals surface area (Å²) in [5.41, 5.74) is 1.16. The van der Waals surface area contributed by atoms with E-state index in [1.54, 1.807) is 0 Å². The number of hydrogen-bond donors (Lipinski definition) is 1. The van der Waals surface area contributed by atoms with E-state index in [-0.39, 0.29) is 5.78 Å². The van der Waals surface area contributed by atoms with Gasteiger partial charge in [0.05, 0.1) is 6.42 Å². The number of carbonyl (C=O) groups is 1. The number of carbonyl (C=O) groups excluding carboxylic acids is 1. The summed E-state index contributed by atoms with van der Waals surface area (Å²) < 4.78 is 5.18. The zero-order valence-corrected chi connectivity index (χ0v) is 12.2. The van der Waals surface area contributed by atoms with Gasteiger partial charge in [0.1, 0.15) is 5.78 Å². The lowest BCUT2D eigenvalue weighted by molar-refractivity contribution is -0.116. The maximum Gasteiger partial charge on any atom is 0.202 e. The van der Waals surface area contributed by atoms with E-state index in [1.165, 1.54) is 18.5 Å².